The number of carbonyl (C=O) groups excluding carboxylic acids is 1. The maximum absolute atomic E-state index is 13.0. The number of fused-ring (bicyclic) bond motifs is 1. The van der Waals surface area contributed by atoms with Crippen molar-refractivity contribution in [2.24, 2.45) is 0 Å². The molecule has 0 saturated carbocycles. The first-order chi connectivity index (χ1) is 11.7. The molecule has 1 aliphatic heterocycles. The fraction of sp³-hybridized carbons (Fsp3) is 0.176. The number of para-hydroxylation sites is 1. The summed E-state index contributed by atoms with van der Waals surface area (Å²) in [5.74, 6) is -1.23. The zero-order valence-electron chi connectivity index (χ0n) is 13.6. The molecular formula is C17H16N2O5S. The molecule has 0 spiro atoms. The average Bonchev–Trinajstić information content (AvgIpc) is 2.53. The third kappa shape index (κ3) is 2.74. The van der Waals surface area contributed by atoms with Gasteiger partial charge in [0.1, 0.15) is 11.4 Å². The van der Waals surface area contributed by atoms with Crippen LogP contribution >= 0.6 is 0 Å². The van der Waals surface area contributed by atoms with Gasteiger partial charge in [-0.05, 0) is 37.6 Å². The van der Waals surface area contributed by atoms with Gasteiger partial charge in [-0.1, -0.05) is 29.8 Å². The summed E-state index contributed by atoms with van der Waals surface area (Å²) in [4.78, 5) is 24.9. The largest absolute Gasteiger partial charge is 0.480 e. The standard InChI is InChI=1S/C17H16N2O5S/c1-11-7-8-13(12(2)9-11)19-17(22)18(10-16(20)21)14-5-3-4-6-15(14)25(19,23)24/h3-9H,10H2,1-2H3,(H,20,21). The number of aliphatic carboxylic acids is 1. The zero-order valence-corrected chi connectivity index (χ0v) is 14.4. The highest BCUT2D eigenvalue weighted by Crippen LogP contribution is 2.38. The minimum atomic E-state index is -4.14. The Morgan fingerprint density at radius 1 is 1.08 bits per heavy atom. The van der Waals surface area contributed by atoms with Gasteiger partial charge in [-0.3, -0.25) is 9.69 Å². The van der Waals surface area contributed by atoms with Gasteiger partial charge in [0.05, 0.1) is 11.4 Å². The van der Waals surface area contributed by atoms with Crippen LogP contribution in [-0.2, 0) is 14.8 Å². The van der Waals surface area contributed by atoms with Crippen LogP contribution < -0.4 is 9.21 Å². The van der Waals surface area contributed by atoms with Crippen molar-refractivity contribution in [2.75, 3.05) is 15.7 Å². The van der Waals surface area contributed by atoms with Gasteiger partial charge in [0.25, 0.3) is 10.0 Å². The third-order valence-corrected chi connectivity index (χ3v) is 5.68. The molecule has 0 radical (unpaired) electrons. The van der Waals surface area contributed by atoms with Gasteiger partial charge in [0, 0.05) is 0 Å². The van der Waals surface area contributed by atoms with E-state index in [9.17, 15) is 18.0 Å². The monoisotopic (exact) mass is 360 g/mol. The first-order valence-electron chi connectivity index (χ1n) is 7.48. The molecule has 130 valence electrons. The number of rotatable bonds is 3. The Hall–Kier alpha value is -2.87. The molecule has 2 aromatic rings. The Morgan fingerprint density at radius 2 is 1.76 bits per heavy atom. The van der Waals surface area contributed by atoms with Crippen molar-refractivity contribution in [1.29, 1.82) is 0 Å². The van der Waals surface area contributed by atoms with Gasteiger partial charge < -0.3 is 5.11 Å². The predicted octanol–water partition coefficient (Wildman–Crippen LogP) is 2.52. The highest BCUT2D eigenvalue weighted by molar-refractivity contribution is 7.94. The minimum Gasteiger partial charge on any atom is -0.480 e. The summed E-state index contributed by atoms with van der Waals surface area (Å²) in [6, 6.07) is 9.98. The molecule has 0 fully saturated rings. The lowest BCUT2D eigenvalue weighted by atomic mass is 10.1. The maximum atomic E-state index is 13.0. The summed E-state index contributed by atoms with van der Waals surface area (Å²) >= 11 is 0. The first kappa shape index (κ1) is 17.0. The molecule has 0 saturated heterocycles. The van der Waals surface area contributed by atoms with E-state index in [-0.39, 0.29) is 16.3 Å². The summed E-state index contributed by atoms with van der Waals surface area (Å²) < 4.78 is 26.7. The highest BCUT2D eigenvalue weighted by atomic mass is 32.2. The van der Waals surface area contributed by atoms with Crippen molar-refractivity contribution in [3.05, 3.63) is 53.6 Å². The van der Waals surface area contributed by atoms with E-state index in [0.717, 1.165) is 10.5 Å². The lowest BCUT2D eigenvalue weighted by Gasteiger charge is -2.36. The number of carbonyl (C=O) groups is 2. The topological polar surface area (TPSA) is 95.0 Å². The minimum absolute atomic E-state index is 0.0657. The van der Waals surface area contributed by atoms with Gasteiger partial charge in [-0.2, -0.15) is 4.31 Å². The quantitative estimate of drug-likeness (QED) is 0.907. The summed E-state index contributed by atoms with van der Waals surface area (Å²) in [5, 5.41) is 9.13. The molecule has 8 heteroatoms. The maximum Gasteiger partial charge on any atom is 0.343 e. The highest BCUT2D eigenvalue weighted by Gasteiger charge is 2.43. The van der Waals surface area contributed by atoms with Crippen LogP contribution in [0.4, 0.5) is 16.2 Å². The molecule has 0 aliphatic carbocycles. The number of sulfonamides is 1. The van der Waals surface area contributed by atoms with Crippen LogP contribution in [0.1, 0.15) is 11.1 Å². The van der Waals surface area contributed by atoms with Crippen LogP contribution in [0.2, 0.25) is 0 Å². The van der Waals surface area contributed by atoms with E-state index in [1.54, 1.807) is 31.2 Å². The third-order valence-electron chi connectivity index (χ3n) is 3.94. The van der Waals surface area contributed by atoms with Crippen LogP contribution in [0, 0.1) is 13.8 Å². The molecule has 25 heavy (non-hydrogen) atoms. The van der Waals surface area contributed by atoms with Crippen molar-refractivity contribution in [2.45, 2.75) is 18.7 Å². The normalized spacial score (nSPS) is 15.8. The molecule has 3 rings (SSSR count). The van der Waals surface area contributed by atoms with E-state index in [0.29, 0.717) is 9.87 Å². The van der Waals surface area contributed by atoms with Crippen molar-refractivity contribution >= 4 is 33.4 Å². The molecule has 2 aromatic carbocycles. The summed E-state index contributed by atoms with van der Waals surface area (Å²) in [6.45, 7) is 2.93. The van der Waals surface area contributed by atoms with Gasteiger partial charge in [0.2, 0.25) is 0 Å². The van der Waals surface area contributed by atoms with E-state index in [4.69, 9.17) is 5.11 Å². The van der Waals surface area contributed by atoms with Crippen molar-refractivity contribution in [3.63, 3.8) is 0 Å². The molecule has 2 amide bonds. The summed E-state index contributed by atoms with van der Waals surface area (Å²) in [7, 11) is -4.14. The van der Waals surface area contributed by atoms with E-state index in [1.807, 2.05) is 6.92 Å². The Morgan fingerprint density at radius 3 is 2.40 bits per heavy atom. The molecule has 1 aliphatic rings. The number of hydrogen-bond donors (Lipinski definition) is 1. The predicted molar refractivity (Wildman–Crippen MR) is 92.4 cm³/mol. The number of amides is 2. The number of urea groups is 1. The van der Waals surface area contributed by atoms with Gasteiger partial charge >= 0.3 is 12.0 Å². The lowest BCUT2D eigenvalue weighted by Crippen LogP contribution is -2.52. The van der Waals surface area contributed by atoms with Gasteiger partial charge in [0.15, 0.2) is 0 Å². The first-order valence-corrected chi connectivity index (χ1v) is 8.92. The Balaban J connectivity index is 2.26. The smallest absolute Gasteiger partial charge is 0.343 e. The van der Waals surface area contributed by atoms with Crippen LogP contribution in [-0.4, -0.2) is 32.1 Å². The van der Waals surface area contributed by atoms with Crippen molar-refractivity contribution in [3.8, 4) is 0 Å². The molecule has 0 aromatic heterocycles. The van der Waals surface area contributed by atoms with Crippen LogP contribution in [0.15, 0.2) is 47.4 Å². The summed E-state index contributed by atoms with van der Waals surface area (Å²) in [5.41, 5.74) is 1.80. The van der Waals surface area contributed by atoms with Crippen molar-refractivity contribution < 1.29 is 23.1 Å². The molecule has 0 atom stereocenters. The second kappa shape index (κ2) is 5.89. The Kier molecular flexibility index (Phi) is 4.00. The molecule has 7 nitrogen and oxygen atoms in total. The molecule has 0 bridgehead atoms. The lowest BCUT2D eigenvalue weighted by molar-refractivity contribution is -0.135. The average molecular weight is 360 g/mol. The fourth-order valence-electron chi connectivity index (χ4n) is 2.87. The van der Waals surface area contributed by atoms with Gasteiger partial charge in [-0.25, -0.2) is 13.2 Å². The Labute approximate surface area is 145 Å². The number of carboxylic acids is 1. The molecule has 1 N–H and O–H groups in total. The van der Waals surface area contributed by atoms with Crippen LogP contribution in [0.3, 0.4) is 0 Å². The number of benzene rings is 2. The van der Waals surface area contributed by atoms with E-state index < -0.39 is 28.6 Å². The molecular weight excluding hydrogens is 344 g/mol. The number of hydrogen-bond acceptors (Lipinski definition) is 4. The number of carboxylic acid groups (broad SMARTS) is 1. The van der Waals surface area contributed by atoms with E-state index >= 15 is 0 Å². The fourth-order valence-corrected chi connectivity index (χ4v) is 4.52. The Bertz CT molecular complexity index is 984. The molecule has 1 heterocycles. The number of aryl methyl sites for hydroxylation is 2. The summed E-state index contributed by atoms with van der Waals surface area (Å²) in [6.07, 6.45) is 0. The number of anilines is 2. The van der Waals surface area contributed by atoms with Crippen LogP contribution in [0.5, 0.6) is 0 Å². The zero-order chi connectivity index (χ0) is 18.4. The SMILES string of the molecule is Cc1ccc(N2C(=O)N(CC(=O)O)c3ccccc3S2(=O)=O)c(C)c1. The van der Waals surface area contributed by atoms with Gasteiger partial charge in [-0.15, -0.1) is 0 Å². The second-order valence-corrected chi connectivity index (χ2v) is 7.54. The van der Waals surface area contributed by atoms with E-state index in [2.05, 4.69) is 0 Å². The molecule has 0 unspecified atom stereocenters. The second-order valence-electron chi connectivity index (χ2n) is 5.79. The number of nitrogens with zero attached hydrogens (tertiary/aromatic N) is 2. The van der Waals surface area contributed by atoms with Crippen molar-refractivity contribution in [1.82, 2.24) is 0 Å². The van der Waals surface area contributed by atoms with E-state index in [1.165, 1.54) is 18.2 Å². The van der Waals surface area contributed by atoms with Crippen LogP contribution in [0.25, 0.3) is 0 Å².